The highest BCUT2D eigenvalue weighted by Gasteiger charge is 2.38. The van der Waals surface area contributed by atoms with Crippen LogP contribution in [0.1, 0.15) is 112 Å². The third-order valence-electron chi connectivity index (χ3n) is 14.4. The Morgan fingerprint density at radius 3 is 1.26 bits per heavy atom. The zero-order chi connectivity index (χ0) is 68.8. The second-order valence-corrected chi connectivity index (χ2v) is 23.2. The molecule has 0 bridgehead atoms. The van der Waals surface area contributed by atoms with Crippen LogP contribution in [0.4, 0.5) is 0 Å². The Bertz CT molecular complexity index is 2720. The number of carboxylic acid groups (broad SMARTS) is 1. The Morgan fingerprint density at radius 1 is 0.462 bits per heavy atom. The molecule has 1 aromatic heterocycles. The van der Waals surface area contributed by atoms with Gasteiger partial charge in [-0.2, -0.15) is 0 Å². The monoisotopic (exact) mass is 1290 g/mol. The highest BCUT2D eigenvalue weighted by Crippen LogP contribution is 2.14. The lowest BCUT2D eigenvalue weighted by Crippen LogP contribution is -2.62. The molecule has 0 saturated heterocycles. The Kier molecular flexibility index (Phi) is 34.3. The van der Waals surface area contributed by atoms with E-state index in [4.69, 9.17) is 17.2 Å². The fourth-order valence-electron chi connectivity index (χ4n) is 8.86. The van der Waals surface area contributed by atoms with Gasteiger partial charge in [0.2, 0.25) is 65.0 Å². The summed E-state index contributed by atoms with van der Waals surface area (Å²) in [5.74, 6) is -13.5. The van der Waals surface area contributed by atoms with Gasteiger partial charge >= 0.3 is 5.97 Å². The minimum absolute atomic E-state index is 0.0259. The maximum Gasteiger partial charge on any atom is 0.326 e. The SMILES string of the molecule is CC(C)[C@H](NC(=O)[C@H](C)NC(=O)[C@H](CO)NC(=O)[C@H](CO)NC(=O)[C@H](CCCCN)NC(=O)[C@H](CCCCN)NC(=O)[C@@H](NC(=O)[C@@H](NC(=O)[C@H](C)NC(=O)[C@@H](NC(=O)[C@H](Cc1ccc(O)cc1)NC(=O)[C@@H](N)Cc1cnc[nH]1)[C@@H](C)O)C(C)C)C(C)C)C(=O)O. The van der Waals surface area contributed by atoms with Gasteiger partial charge in [0.25, 0.3) is 0 Å². The molecule has 33 nitrogen and oxygen atoms in total. The first-order valence-electron chi connectivity index (χ1n) is 30.2. The van der Waals surface area contributed by atoms with Gasteiger partial charge < -0.3 is 106 Å². The first kappa shape index (κ1) is 78.7. The number of nitrogens with two attached hydrogens (primary N) is 3. The molecule has 2 rings (SSSR count). The maximum absolute atomic E-state index is 14.2. The molecule has 0 saturated carbocycles. The number of aromatic nitrogens is 2. The number of carbonyl (C=O) groups excluding carboxylic acids is 11. The number of amides is 11. The molecule has 0 fully saturated rings. The molecule has 510 valence electrons. The van der Waals surface area contributed by atoms with E-state index in [2.05, 4.69) is 68.5 Å². The van der Waals surface area contributed by atoms with Gasteiger partial charge in [-0.1, -0.05) is 53.7 Å². The van der Waals surface area contributed by atoms with Crippen LogP contribution in [0, 0.1) is 17.8 Å². The Hall–Kier alpha value is -8.37. The third kappa shape index (κ3) is 26.9. The number of aliphatic hydroxyl groups excluding tert-OH is 3. The molecule has 0 aliphatic heterocycles. The van der Waals surface area contributed by atoms with Crippen LogP contribution in [0.25, 0.3) is 0 Å². The van der Waals surface area contributed by atoms with E-state index >= 15 is 0 Å². The third-order valence-corrected chi connectivity index (χ3v) is 14.4. The van der Waals surface area contributed by atoms with Gasteiger partial charge in [0.15, 0.2) is 0 Å². The highest BCUT2D eigenvalue weighted by molar-refractivity contribution is 5.99. The summed E-state index contributed by atoms with van der Waals surface area (Å²) in [4.78, 5) is 169. The lowest BCUT2D eigenvalue weighted by atomic mass is 9.98. The first-order chi connectivity index (χ1) is 42.8. The van der Waals surface area contributed by atoms with Gasteiger partial charge in [-0.25, -0.2) is 9.78 Å². The van der Waals surface area contributed by atoms with E-state index in [1.807, 2.05) is 0 Å². The quantitative estimate of drug-likeness (QED) is 0.0276. The number of aliphatic carboxylic acids is 1. The van der Waals surface area contributed by atoms with Crippen molar-refractivity contribution < 1.29 is 83.1 Å². The number of phenolic OH excluding ortho intramolecular Hbond substituents is 1. The van der Waals surface area contributed by atoms with Crippen LogP contribution in [0.3, 0.4) is 0 Å². The number of unbranched alkanes of at least 4 members (excludes halogenated alkanes) is 2. The number of imidazole rings is 1. The number of nitrogens with zero attached hydrogens (tertiary/aromatic N) is 1. The van der Waals surface area contributed by atoms with Crippen molar-refractivity contribution in [2.24, 2.45) is 35.0 Å². The minimum atomic E-state index is -1.78. The van der Waals surface area contributed by atoms with Gasteiger partial charge in [-0.05, 0) is 108 Å². The average molecular weight is 1290 g/mol. The maximum atomic E-state index is 14.2. The zero-order valence-corrected chi connectivity index (χ0v) is 53.0. The molecule has 91 heavy (non-hydrogen) atoms. The van der Waals surface area contributed by atoms with Crippen molar-refractivity contribution in [3.8, 4) is 5.75 Å². The van der Waals surface area contributed by atoms with Gasteiger partial charge in [0.1, 0.15) is 72.2 Å². The Morgan fingerprint density at radius 2 is 0.835 bits per heavy atom. The summed E-state index contributed by atoms with van der Waals surface area (Å²) in [5.41, 5.74) is 18.6. The number of aliphatic hydroxyl groups is 3. The fraction of sp³-hybridized carbons (Fsp3) is 0.638. The number of hydrogen-bond acceptors (Lipinski definition) is 20. The van der Waals surface area contributed by atoms with Crippen molar-refractivity contribution in [3.63, 3.8) is 0 Å². The number of phenols is 1. The van der Waals surface area contributed by atoms with E-state index in [1.165, 1.54) is 57.6 Å². The molecule has 33 heteroatoms. The van der Waals surface area contributed by atoms with Crippen molar-refractivity contribution in [2.45, 2.75) is 192 Å². The molecular formula is C58H96N16O17. The van der Waals surface area contributed by atoms with E-state index in [1.54, 1.807) is 41.5 Å². The lowest BCUT2D eigenvalue weighted by Gasteiger charge is -2.30. The number of carbonyl (C=O) groups is 12. The summed E-state index contributed by atoms with van der Waals surface area (Å²) >= 11 is 0. The number of carboxylic acids is 1. The average Bonchev–Trinajstić information content (AvgIpc) is 1.85. The van der Waals surface area contributed by atoms with Crippen LogP contribution in [0.15, 0.2) is 36.8 Å². The fourth-order valence-corrected chi connectivity index (χ4v) is 8.86. The van der Waals surface area contributed by atoms with Crippen molar-refractivity contribution >= 4 is 70.9 Å². The summed E-state index contributed by atoms with van der Waals surface area (Å²) in [6.45, 7) is 11.5. The molecular weight excluding hydrogens is 1190 g/mol. The summed E-state index contributed by atoms with van der Waals surface area (Å²) < 4.78 is 0. The second-order valence-electron chi connectivity index (χ2n) is 23.2. The van der Waals surface area contributed by atoms with Crippen molar-refractivity contribution in [2.75, 3.05) is 26.3 Å². The van der Waals surface area contributed by atoms with Gasteiger partial charge in [0, 0.05) is 24.7 Å². The summed E-state index contributed by atoms with van der Waals surface area (Å²) in [5, 5.41) is 77.2. The molecule has 0 aliphatic carbocycles. The van der Waals surface area contributed by atoms with Crippen LogP contribution in [0.5, 0.6) is 5.75 Å². The van der Waals surface area contributed by atoms with Crippen LogP contribution >= 0.6 is 0 Å². The molecule has 0 unspecified atom stereocenters. The smallest absolute Gasteiger partial charge is 0.326 e. The number of nitrogens with one attached hydrogen (secondary N) is 12. The summed E-state index contributed by atoms with van der Waals surface area (Å²) in [6, 6.07) is -11.5. The topological polar surface area (TPSA) is 545 Å². The predicted molar refractivity (Wildman–Crippen MR) is 328 cm³/mol. The van der Waals surface area contributed by atoms with E-state index < -0.39 is 181 Å². The van der Waals surface area contributed by atoms with E-state index in [0.29, 0.717) is 24.1 Å². The van der Waals surface area contributed by atoms with Crippen LogP contribution in [-0.2, 0) is 70.4 Å². The summed E-state index contributed by atoms with van der Waals surface area (Å²) in [6.07, 6.45) is 2.42. The summed E-state index contributed by atoms with van der Waals surface area (Å²) in [7, 11) is 0. The molecule has 23 N–H and O–H groups in total. The molecule has 0 spiro atoms. The second kappa shape index (κ2) is 39.7. The molecule has 11 amide bonds. The molecule has 1 aromatic carbocycles. The minimum Gasteiger partial charge on any atom is -0.508 e. The van der Waals surface area contributed by atoms with E-state index in [9.17, 15) is 83.1 Å². The van der Waals surface area contributed by atoms with Crippen molar-refractivity contribution in [1.82, 2.24) is 68.5 Å². The van der Waals surface area contributed by atoms with Gasteiger partial charge in [0.05, 0.1) is 31.7 Å². The number of rotatable bonds is 41. The lowest BCUT2D eigenvalue weighted by molar-refractivity contribution is -0.143. The van der Waals surface area contributed by atoms with Crippen LogP contribution in [-0.4, -0.2) is 211 Å². The van der Waals surface area contributed by atoms with E-state index in [0.717, 1.165) is 0 Å². The van der Waals surface area contributed by atoms with Crippen LogP contribution in [0.2, 0.25) is 0 Å². The molecule has 1 heterocycles. The molecule has 0 aliphatic rings. The number of H-pyrrole nitrogens is 1. The van der Waals surface area contributed by atoms with Gasteiger partial charge in [-0.15, -0.1) is 0 Å². The predicted octanol–water partition coefficient (Wildman–Crippen LogP) is -5.72. The number of aromatic amines is 1. The number of benzene rings is 1. The molecule has 2 aromatic rings. The largest absolute Gasteiger partial charge is 0.508 e. The van der Waals surface area contributed by atoms with Crippen molar-refractivity contribution in [1.29, 1.82) is 0 Å². The zero-order valence-electron chi connectivity index (χ0n) is 53.0. The molecule has 13 atom stereocenters. The molecule has 0 radical (unpaired) electrons. The van der Waals surface area contributed by atoms with Gasteiger partial charge in [-0.3, -0.25) is 52.7 Å². The Labute approximate surface area is 528 Å². The highest BCUT2D eigenvalue weighted by atomic mass is 16.4. The van der Waals surface area contributed by atoms with Crippen molar-refractivity contribution in [3.05, 3.63) is 48.0 Å². The normalized spacial score (nSPS) is 15.6. The number of hydrogen-bond donors (Lipinski definition) is 20. The van der Waals surface area contributed by atoms with Crippen LogP contribution < -0.4 is 75.7 Å². The standard InChI is InChI=1S/C58H96N16O17/c1-28(2)43(72-56(88)44(29(3)4)71-47(79)32(8)65-57(89)46(33(9)77)74-52(84)40(22-34-16-18-36(78)19-17-34)68-49(81)37(61)23-35-24-62-27-63-35)55(87)67-39(15-11-13-21-60)50(82)66-38(14-10-12-20-59)51(83)69-42(26-76)54(86)70-41(25-75)53(85)64-31(7)48(80)73-45(30(5)6)58(90)91/h16-19,24,27-33,37-46,75-78H,10-15,20-23,25-26,59-61H2,1-9H3,(H,62,63)(H,64,85)(H,65,89)(H,66,82)(H,67,87)(H,68,81)(H,69,83)(H,70,86)(H,71,79)(H,72,88)(H,73,80)(H,74,84)(H,90,91)/t31-,32-,33+,37-,38-,39-,40-,41-,42-,43-,44-,45-,46-/m0/s1. The first-order valence-corrected chi connectivity index (χ1v) is 30.2. The Balaban J connectivity index is 2.26. The number of aromatic hydroxyl groups is 1. The van der Waals surface area contributed by atoms with E-state index in [-0.39, 0.29) is 57.4 Å².